The van der Waals surface area contributed by atoms with Gasteiger partial charge in [-0.2, -0.15) is 0 Å². The number of fused-ring (bicyclic) bond motifs is 8. The minimum absolute atomic E-state index is 0.227. The van der Waals surface area contributed by atoms with E-state index in [0.717, 1.165) is 68.8 Å². The Morgan fingerprint density at radius 2 is 1.20 bits per heavy atom. The van der Waals surface area contributed by atoms with Crippen LogP contribution in [-0.4, -0.2) is 31.3 Å². The van der Waals surface area contributed by atoms with Crippen molar-refractivity contribution in [1.82, 2.24) is 9.97 Å². The number of ether oxygens (including phenoxy) is 4. The summed E-state index contributed by atoms with van der Waals surface area (Å²) in [6.07, 6.45) is 6.27. The van der Waals surface area contributed by atoms with Gasteiger partial charge in [-0.05, 0) is 76.9 Å². The lowest BCUT2D eigenvalue weighted by Gasteiger charge is -2.38. The smallest absolute Gasteiger partial charge is 0.212 e. The van der Waals surface area contributed by atoms with Crippen LogP contribution in [0.15, 0.2) is 133 Å². The Bertz CT molecular complexity index is 2540. The maximum absolute atomic E-state index is 7.69. The summed E-state index contributed by atoms with van der Waals surface area (Å²) in [4.78, 5) is 10.7. The maximum Gasteiger partial charge on any atom is 0.212 e. The van der Waals surface area contributed by atoms with E-state index >= 15 is 0 Å². The lowest BCUT2D eigenvalue weighted by Crippen LogP contribution is -2.37. The van der Waals surface area contributed by atoms with E-state index in [1.807, 2.05) is 60.7 Å². The third kappa shape index (κ3) is 5.23. The molecule has 0 amide bonds. The minimum atomic E-state index is -1.23. The molecule has 55 heavy (non-hydrogen) atoms. The molecule has 0 bridgehead atoms. The van der Waals surface area contributed by atoms with Gasteiger partial charge >= 0.3 is 0 Å². The molecule has 1 aliphatic carbocycles. The summed E-state index contributed by atoms with van der Waals surface area (Å²) in [7, 11) is 5.04. The topological polar surface area (TPSA) is 62.7 Å². The van der Waals surface area contributed by atoms with E-state index in [9.17, 15) is 0 Å². The number of hydrogen-bond donors (Lipinski definition) is 0. The van der Waals surface area contributed by atoms with Gasteiger partial charge < -0.3 is 18.9 Å². The van der Waals surface area contributed by atoms with E-state index in [0.29, 0.717) is 17.3 Å². The summed E-state index contributed by atoms with van der Waals surface area (Å²) in [5.41, 5.74) is 9.13. The van der Waals surface area contributed by atoms with E-state index in [1.165, 1.54) is 22.3 Å². The molecule has 0 spiro atoms. The lowest BCUT2D eigenvalue weighted by molar-refractivity contribution is 0.153. The first-order chi connectivity index (χ1) is 27.0. The van der Waals surface area contributed by atoms with Crippen molar-refractivity contribution in [2.45, 2.75) is 37.7 Å². The second-order valence-corrected chi connectivity index (χ2v) is 14.2. The van der Waals surface area contributed by atoms with Crippen LogP contribution in [0, 0.1) is 0 Å². The Hall–Kier alpha value is -6.40. The molecule has 2 heterocycles. The van der Waals surface area contributed by atoms with Gasteiger partial charge in [-0.1, -0.05) is 117 Å². The molecule has 1 atom stereocenters. The molecule has 9 rings (SSSR count). The van der Waals surface area contributed by atoms with E-state index in [-0.39, 0.29) is 5.41 Å². The highest BCUT2D eigenvalue weighted by Crippen LogP contribution is 2.61. The Labute approximate surface area is 322 Å². The van der Waals surface area contributed by atoms with Gasteiger partial charge in [-0.25, -0.2) is 9.97 Å². The van der Waals surface area contributed by atoms with Crippen LogP contribution >= 0.6 is 0 Å². The van der Waals surface area contributed by atoms with Gasteiger partial charge in [-0.15, -0.1) is 0 Å². The van der Waals surface area contributed by atoms with E-state index in [2.05, 4.69) is 92.7 Å². The SMILES string of the molecule is CCC1(CC)c2ccccc2-c2c1c1c(c3cc(OC)c(OC)cc23)OC(c2ccc(OC)cc2)(c2nc(-c3ccccc3)cc(-c3ccccc3)n2)C=C1. The number of benzene rings is 6. The van der Waals surface area contributed by atoms with Gasteiger partial charge in [0.1, 0.15) is 11.5 Å². The molecule has 0 saturated heterocycles. The van der Waals surface area contributed by atoms with Gasteiger partial charge in [0.05, 0.1) is 32.7 Å². The van der Waals surface area contributed by atoms with E-state index in [4.69, 9.17) is 28.9 Å². The molecule has 2 aliphatic rings. The maximum atomic E-state index is 7.69. The van der Waals surface area contributed by atoms with Crippen LogP contribution in [0.1, 0.15) is 54.8 Å². The predicted molar refractivity (Wildman–Crippen MR) is 220 cm³/mol. The zero-order chi connectivity index (χ0) is 37.7. The van der Waals surface area contributed by atoms with Crippen LogP contribution < -0.4 is 18.9 Å². The average Bonchev–Trinajstić information content (AvgIpc) is 3.57. The Kier molecular flexibility index (Phi) is 8.42. The zero-order valence-electron chi connectivity index (χ0n) is 31.7. The van der Waals surface area contributed by atoms with Crippen molar-refractivity contribution in [3.8, 4) is 56.6 Å². The Morgan fingerprint density at radius 3 is 1.78 bits per heavy atom. The van der Waals surface area contributed by atoms with E-state index in [1.54, 1.807) is 21.3 Å². The quantitative estimate of drug-likeness (QED) is 0.148. The van der Waals surface area contributed by atoms with Gasteiger partial charge in [0.25, 0.3) is 0 Å². The van der Waals surface area contributed by atoms with E-state index < -0.39 is 5.60 Å². The molecule has 6 heteroatoms. The monoisotopic (exact) mass is 722 g/mol. The second kappa shape index (κ2) is 13.5. The fourth-order valence-electron chi connectivity index (χ4n) is 8.85. The first-order valence-corrected chi connectivity index (χ1v) is 18.9. The molecule has 0 saturated carbocycles. The molecular weight excluding hydrogens is 681 g/mol. The first-order valence-electron chi connectivity index (χ1n) is 18.9. The highest BCUT2D eigenvalue weighted by molar-refractivity contribution is 6.09. The van der Waals surface area contributed by atoms with Crippen molar-refractivity contribution in [3.63, 3.8) is 0 Å². The van der Waals surface area contributed by atoms with Crippen LogP contribution in [0.2, 0.25) is 0 Å². The molecule has 0 fully saturated rings. The molecule has 7 aromatic rings. The van der Waals surface area contributed by atoms with Crippen molar-refractivity contribution in [3.05, 3.63) is 162 Å². The summed E-state index contributed by atoms with van der Waals surface area (Å²) in [5, 5.41) is 1.97. The highest BCUT2D eigenvalue weighted by Gasteiger charge is 2.48. The normalized spacial score (nSPS) is 16.2. The summed E-state index contributed by atoms with van der Waals surface area (Å²) in [5.74, 6) is 3.31. The van der Waals surface area contributed by atoms with Crippen LogP contribution in [0.3, 0.4) is 0 Å². The summed E-state index contributed by atoms with van der Waals surface area (Å²) in [6.45, 7) is 4.59. The van der Waals surface area contributed by atoms with Crippen LogP contribution in [0.4, 0.5) is 0 Å². The molecule has 0 N–H and O–H groups in total. The predicted octanol–water partition coefficient (Wildman–Crippen LogP) is 11.4. The van der Waals surface area contributed by atoms with Crippen molar-refractivity contribution in [2.75, 3.05) is 21.3 Å². The molecule has 6 aromatic carbocycles. The number of nitrogens with zero attached hydrogens (tertiary/aromatic N) is 2. The van der Waals surface area contributed by atoms with Crippen molar-refractivity contribution >= 4 is 16.8 Å². The first kappa shape index (κ1) is 34.4. The molecule has 1 aliphatic heterocycles. The second-order valence-electron chi connectivity index (χ2n) is 14.2. The van der Waals surface area contributed by atoms with Crippen molar-refractivity contribution in [2.24, 2.45) is 0 Å². The number of aromatic nitrogens is 2. The fraction of sp³-hybridized carbons (Fsp3) is 0.184. The average molecular weight is 723 g/mol. The molecule has 1 aromatic heterocycles. The zero-order valence-corrected chi connectivity index (χ0v) is 31.7. The number of methoxy groups -OCH3 is 3. The number of rotatable bonds is 9. The van der Waals surface area contributed by atoms with Crippen LogP contribution in [0.25, 0.3) is 50.5 Å². The molecule has 0 radical (unpaired) electrons. The van der Waals surface area contributed by atoms with Gasteiger partial charge in [0, 0.05) is 33.1 Å². The molecule has 272 valence electrons. The molecule has 6 nitrogen and oxygen atoms in total. The summed E-state index contributed by atoms with van der Waals surface area (Å²) in [6, 6.07) is 43.6. The van der Waals surface area contributed by atoms with Crippen LogP contribution in [0.5, 0.6) is 23.0 Å². The largest absolute Gasteiger partial charge is 0.497 e. The molecule has 1 unspecified atom stereocenters. The summed E-state index contributed by atoms with van der Waals surface area (Å²) < 4.78 is 25.2. The van der Waals surface area contributed by atoms with Crippen molar-refractivity contribution < 1.29 is 18.9 Å². The van der Waals surface area contributed by atoms with Crippen LogP contribution in [-0.2, 0) is 11.0 Å². The third-order valence-corrected chi connectivity index (χ3v) is 11.7. The van der Waals surface area contributed by atoms with Gasteiger partial charge in [0.2, 0.25) is 5.60 Å². The standard InChI is InChI=1S/C49H42N2O4/c1-6-48(7-2)39-21-15-14-20-35(39)44-37-28-42(53-4)43(54-5)29-38(37)46-36(45(44)48)26-27-49(55-46,33-22-24-34(52-3)25-23-33)47-50-40(31-16-10-8-11-17-31)30-41(51-47)32-18-12-9-13-19-32/h8-30H,6-7H2,1-5H3. The lowest BCUT2D eigenvalue weighted by atomic mass is 9.71. The van der Waals surface area contributed by atoms with Crippen molar-refractivity contribution in [1.29, 1.82) is 0 Å². The Morgan fingerprint density at radius 1 is 0.618 bits per heavy atom. The minimum Gasteiger partial charge on any atom is -0.497 e. The fourth-order valence-corrected chi connectivity index (χ4v) is 8.85. The number of hydrogen-bond acceptors (Lipinski definition) is 6. The highest BCUT2D eigenvalue weighted by atomic mass is 16.5. The molecular formula is C49H42N2O4. The van der Waals surface area contributed by atoms with Gasteiger partial charge in [-0.3, -0.25) is 0 Å². The Balaban J connectivity index is 1.39. The summed E-state index contributed by atoms with van der Waals surface area (Å²) >= 11 is 0. The van der Waals surface area contributed by atoms with Gasteiger partial charge in [0.15, 0.2) is 17.3 Å². The third-order valence-electron chi connectivity index (χ3n) is 11.7.